The molecule has 5 rings (SSSR count). The van der Waals surface area contributed by atoms with Gasteiger partial charge in [-0.25, -0.2) is 4.98 Å². The lowest BCUT2D eigenvalue weighted by molar-refractivity contribution is 0.0782. The second-order valence-electron chi connectivity index (χ2n) is 12.8. The second-order valence-corrected chi connectivity index (χ2v) is 12.8. The first kappa shape index (κ1) is 35.9. The van der Waals surface area contributed by atoms with Crippen molar-refractivity contribution in [1.29, 1.82) is 0 Å². The van der Waals surface area contributed by atoms with Crippen LogP contribution in [-0.4, -0.2) is 100 Å². The van der Waals surface area contributed by atoms with E-state index in [4.69, 9.17) is 23.9 Å². The number of para-hydroxylation sites is 2. The zero-order valence-corrected chi connectivity index (χ0v) is 30.1. The number of aromatic nitrogens is 2. The van der Waals surface area contributed by atoms with Gasteiger partial charge >= 0.3 is 0 Å². The lowest BCUT2D eigenvalue weighted by Crippen LogP contribution is -2.35. The first-order valence-electron chi connectivity index (χ1n) is 17.5. The average Bonchev–Trinajstić information content (AvgIpc) is 3.33. The first-order chi connectivity index (χ1) is 23.9. The third kappa shape index (κ3) is 8.60. The predicted molar refractivity (Wildman–Crippen MR) is 196 cm³/mol. The van der Waals surface area contributed by atoms with Gasteiger partial charge in [-0.2, -0.15) is 0 Å². The normalized spacial score (nSPS) is 14.4. The molecule has 0 aliphatic carbocycles. The predicted octanol–water partition coefficient (Wildman–Crippen LogP) is 6.72. The number of carbonyl (C=O) groups is 1. The molecule has 49 heavy (non-hydrogen) atoms. The summed E-state index contributed by atoms with van der Waals surface area (Å²) in [4.78, 5) is 25.7. The number of likely N-dealkylation sites (N-methyl/N-ethyl adjacent to an activating group) is 1. The molecule has 0 bridgehead atoms. The summed E-state index contributed by atoms with van der Waals surface area (Å²) in [5.41, 5.74) is 3.96. The summed E-state index contributed by atoms with van der Waals surface area (Å²) >= 11 is 0. The fraction of sp³-hybridized carbons (Fsp3) is 0.487. The number of nitrogens with zero attached hydrogens (tertiary/aromatic N) is 5. The number of aryl methyl sites for hydroxylation is 1. The zero-order valence-electron chi connectivity index (χ0n) is 30.1. The molecule has 0 N–H and O–H groups in total. The minimum Gasteiger partial charge on any atom is -0.497 e. The molecule has 1 atom stereocenters. The summed E-state index contributed by atoms with van der Waals surface area (Å²) in [5.74, 6) is 3.31. The number of methoxy groups -OCH3 is 4. The lowest BCUT2D eigenvalue weighted by atomic mass is 9.94. The molecule has 1 saturated heterocycles. The molecule has 0 radical (unpaired) electrons. The van der Waals surface area contributed by atoms with Gasteiger partial charge in [0, 0.05) is 51.3 Å². The average molecular weight is 672 g/mol. The quantitative estimate of drug-likeness (QED) is 0.122. The van der Waals surface area contributed by atoms with Crippen molar-refractivity contribution in [3.05, 3.63) is 71.8 Å². The minimum absolute atomic E-state index is 0.106. The number of fused-ring (bicyclic) bond motifs is 1. The Kier molecular flexibility index (Phi) is 12.6. The molecule has 1 unspecified atom stereocenters. The first-order valence-corrected chi connectivity index (χ1v) is 17.5. The highest BCUT2D eigenvalue weighted by atomic mass is 16.5. The summed E-state index contributed by atoms with van der Waals surface area (Å²) < 4.78 is 24.4. The maximum Gasteiger partial charge on any atom is 0.253 e. The topological polar surface area (TPSA) is 81.5 Å². The van der Waals surface area contributed by atoms with Crippen LogP contribution in [0.2, 0.25) is 0 Å². The van der Waals surface area contributed by atoms with Crippen LogP contribution in [0.1, 0.15) is 60.9 Å². The highest BCUT2D eigenvalue weighted by molar-refractivity contribution is 5.95. The molecule has 264 valence electrons. The molecular weight excluding hydrogens is 618 g/mol. The van der Waals surface area contributed by atoms with Gasteiger partial charge in [-0.05, 0) is 74.3 Å². The van der Waals surface area contributed by atoms with Gasteiger partial charge < -0.3 is 38.2 Å². The van der Waals surface area contributed by atoms with Crippen molar-refractivity contribution in [2.24, 2.45) is 0 Å². The van der Waals surface area contributed by atoms with Gasteiger partial charge in [0.15, 0.2) is 11.5 Å². The van der Waals surface area contributed by atoms with Gasteiger partial charge in [-0.1, -0.05) is 44.0 Å². The Morgan fingerprint density at radius 1 is 0.857 bits per heavy atom. The van der Waals surface area contributed by atoms with Crippen molar-refractivity contribution >= 4 is 22.9 Å². The largest absolute Gasteiger partial charge is 0.497 e. The van der Waals surface area contributed by atoms with Crippen molar-refractivity contribution in [2.45, 2.75) is 51.5 Å². The number of rotatable bonds is 16. The van der Waals surface area contributed by atoms with Crippen molar-refractivity contribution in [3.63, 3.8) is 0 Å². The van der Waals surface area contributed by atoms with Gasteiger partial charge in [-0.3, -0.25) is 4.79 Å². The summed E-state index contributed by atoms with van der Waals surface area (Å²) in [6.45, 7) is 8.66. The Morgan fingerprint density at radius 3 is 2.27 bits per heavy atom. The van der Waals surface area contributed by atoms with E-state index in [9.17, 15) is 4.79 Å². The monoisotopic (exact) mass is 671 g/mol. The van der Waals surface area contributed by atoms with Crippen LogP contribution in [0.4, 0.5) is 5.95 Å². The van der Waals surface area contributed by atoms with E-state index in [0.29, 0.717) is 29.4 Å². The van der Waals surface area contributed by atoms with E-state index in [0.717, 1.165) is 75.7 Å². The van der Waals surface area contributed by atoms with E-state index < -0.39 is 0 Å². The number of amides is 1. The highest BCUT2D eigenvalue weighted by Crippen LogP contribution is 2.38. The number of imidazole rings is 1. The fourth-order valence-electron chi connectivity index (χ4n) is 6.86. The number of benzene rings is 3. The van der Waals surface area contributed by atoms with Crippen LogP contribution in [0, 0.1) is 0 Å². The van der Waals surface area contributed by atoms with Gasteiger partial charge in [0.05, 0.1) is 39.5 Å². The molecule has 1 fully saturated rings. The molecule has 2 heterocycles. The summed E-state index contributed by atoms with van der Waals surface area (Å²) in [6.07, 6.45) is 5.57. The maximum atomic E-state index is 13.8. The van der Waals surface area contributed by atoms with E-state index in [2.05, 4.69) is 57.7 Å². The molecule has 1 aliphatic heterocycles. The molecular formula is C39H53N5O5. The molecule has 1 amide bonds. The van der Waals surface area contributed by atoms with Crippen LogP contribution in [-0.2, 0) is 6.54 Å². The molecule has 0 saturated carbocycles. The van der Waals surface area contributed by atoms with Gasteiger partial charge in [0.1, 0.15) is 5.75 Å². The van der Waals surface area contributed by atoms with E-state index in [1.54, 1.807) is 45.5 Å². The van der Waals surface area contributed by atoms with Crippen LogP contribution in [0.3, 0.4) is 0 Å². The van der Waals surface area contributed by atoms with Crippen LogP contribution >= 0.6 is 0 Å². The molecule has 10 heteroatoms. The number of hydrogen-bond donors (Lipinski definition) is 0. The summed E-state index contributed by atoms with van der Waals surface area (Å²) in [7, 11) is 8.21. The number of unbranched alkanes of at least 4 members (excludes halogenated alkanes) is 2. The van der Waals surface area contributed by atoms with Crippen LogP contribution in [0.15, 0.2) is 60.7 Å². The summed E-state index contributed by atoms with van der Waals surface area (Å²) in [6, 6.07) is 20.2. The SMILES string of the molecule is CCCCCn1c(N2CCCN(CCC(CN(C)C(=O)c3cc(OC)c(OC)c(OC)c3)c3ccc(OC)cc3)CC2)nc2ccccc21. The van der Waals surface area contributed by atoms with Crippen LogP contribution in [0.5, 0.6) is 23.0 Å². The Morgan fingerprint density at radius 2 is 1.59 bits per heavy atom. The molecule has 4 aromatic rings. The Bertz CT molecular complexity index is 1630. The van der Waals surface area contributed by atoms with E-state index in [-0.39, 0.29) is 11.8 Å². The molecule has 1 aromatic heterocycles. The molecule has 3 aromatic carbocycles. The molecule has 1 aliphatic rings. The van der Waals surface area contributed by atoms with Gasteiger partial charge in [0.2, 0.25) is 11.7 Å². The van der Waals surface area contributed by atoms with Gasteiger partial charge in [-0.15, -0.1) is 0 Å². The minimum atomic E-state index is -0.106. The standard InChI is InChI=1S/C39H53N5O5/c1-7-8-11-22-44-34-14-10-9-13-33(34)40-39(44)43-21-12-20-42(24-25-43)23-19-30(29-15-17-32(46-3)18-16-29)28-41(2)38(45)31-26-35(47-4)37(49-6)36(27-31)48-5/h9-10,13-18,26-27,30H,7-8,11-12,19-25,28H2,1-6H3. The Balaban J connectivity index is 1.29. The fourth-order valence-corrected chi connectivity index (χ4v) is 6.86. The second kappa shape index (κ2) is 17.3. The molecule has 10 nitrogen and oxygen atoms in total. The maximum absolute atomic E-state index is 13.8. The smallest absolute Gasteiger partial charge is 0.253 e. The van der Waals surface area contributed by atoms with Crippen molar-refractivity contribution < 1.29 is 23.7 Å². The van der Waals surface area contributed by atoms with Crippen LogP contribution in [0.25, 0.3) is 11.0 Å². The van der Waals surface area contributed by atoms with Crippen molar-refractivity contribution in [1.82, 2.24) is 19.4 Å². The van der Waals surface area contributed by atoms with Crippen molar-refractivity contribution in [3.8, 4) is 23.0 Å². The lowest BCUT2D eigenvalue weighted by Gasteiger charge is -2.28. The third-order valence-corrected chi connectivity index (χ3v) is 9.62. The van der Waals surface area contributed by atoms with Crippen molar-refractivity contribution in [2.75, 3.05) is 79.7 Å². The number of anilines is 1. The van der Waals surface area contributed by atoms with E-state index in [1.807, 2.05) is 19.2 Å². The number of carbonyl (C=O) groups excluding carboxylic acids is 1. The van der Waals surface area contributed by atoms with E-state index in [1.165, 1.54) is 23.9 Å². The van der Waals surface area contributed by atoms with Gasteiger partial charge in [0.25, 0.3) is 5.91 Å². The van der Waals surface area contributed by atoms with E-state index >= 15 is 0 Å². The number of ether oxygens (including phenoxy) is 4. The molecule has 0 spiro atoms. The highest BCUT2D eigenvalue weighted by Gasteiger charge is 2.25. The Labute approximate surface area is 291 Å². The summed E-state index contributed by atoms with van der Waals surface area (Å²) in [5, 5.41) is 0. The Hall–Kier alpha value is -4.44. The van der Waals surface area contributed by atoms with Crippen LogP contribution < -0.4 is 23.8 Å². The number of hydrogen-bond acceptors (Lipinski definition) is 8. The third-order valence-electron chi connectivity index (χ3n) is 9.62. The zero-order chi connectivity index (χ0) is 34.8.